The van der Waals surface area contributed by atoms with Crippen molar-refractivity contribution in [3.05, 3.63) is 46.3 Å². The van der Waals surface area contributed by atoms with Gasteiger partial charge in [0.25, 0.3) is 10.0 Å². The normalized spacial score (nSPS) is 13.2. The summed E-state index contributed by atoms with van der Waals surface area (Å²) >= 11 is 6.80. The lowest BCUT2D eigenvalue weighted by Crippen LogP contribution is -2.26. The van der Waals surface area contributed by atoms with Gasteiger partial charge >= 0.3 is 0 Å². The van der Waals surface area contributed by atoms with E-state index < -0.39 is 10.0 Å². The first kappa shape index (κ1) is 15.3. The van der Waals surface area contributed by atoms with E-state index in [4.69, 9.17) is 16.3 Å². The van der Waals surface area contributed by atoms with E-state index >= 15 is 0 Å². The van der Waals surface area contributed by atoms with Crippen molar-refractivity contribution in [3.63, 3.8) is 0 Å². The van der Waals surface area contributed by atoms with Gasteiger partial charge in [-0.05, 0) is 36.8 Å². The average molecular weight is 332 g/mol. The minimum atomic E-state index is -3.55. The second-order valence-electron chi connectivity index (χ2n) is 4.17. The van der Waals surface area contributed by atoms with Crippen LogP contribution in [0.3, 0.4) is 0 Å². The van der Waals surface area contributed by atoms with Crippen molar-refractivity contribution in [1.29, 1.82) is 0 Å². The smallest absolute Gasteiger partial charge is 0.250 e. The molecule has 0 aliphatic carbocycles. The minimum Gasteiger partial charge on any atom is -0.497 e. The van der Waals surface area contributed by atoms with Crippen molar-refractivity contribution in [2.75, 3.05) is 7.11 Å². The predicted octanol–water partition coefficient (Wildman–Crippen LogP) is 3.45. The standard InChI is InChI=1S/C13H14ClNO3S2/c1-9(10-3-5-11(18-2)6-4-10)15-20(16,17)13-8-7-12(14)19-13/h3-9,15H,1-2H3. The lowest BCUT2D eigenvalue weighted by molar-refractivity contribution is 0.414. The van der Waals surface area contributed by atoms with Crippen molar-refractivity contribution in [1.82, 2.24) is 4.72 Å². The van der Waals surface area contributed by atoms with Crippen molar-refractivity contribution in [2.45, 2.75) is 17.2 Å². The minimum absolute atomic E-state index is 0.211. The molecule has 0 radical (unpaired) electrons. The molecule has 1 aromatic carbocycles. The Bertz CT molecular complexity index is 680. The highest BCUT2D eigenvalue weighted by Gasteiger charge is 2.20. The molecule has 0 bridgehead atoms. The van der Waals surface area contributed by atoms with Crippen LogP contribution in [0.25, 0.3) is 0 Å². The number of ether oxygens (including phenoxy) is 1. The summed E-state index contributed by atoms with van der Waals surface area (Å²) in [5, 5.41) is 0. The highest BCUT2D eigenvalue weighted by molar-refractivity contribution is 7.91. The van der Waals surface area contributed by atoms with Gasteiger partial charge in [0.15, 0.2) is 0 Å². The van der Waals surface area contributed by atoms with Crippen LogP contribution in [-0.4, -0.2) is 15.5 Å². The van der Waals surface area contributed by atoms with E-state index in [1.807, 2.05) is 12.1 Å². The zero-order valence-electron chi connectivity index (χ0n) is 11.0. The van der Waals surface area contributed by atoms with Crippen molar-refractivity contribution in [2.24, 2.45) is 0 Å². The summed E-state index contributed by atoms with van der Waals surface area (Å²) in [6, 6.07) is 9.96. The van der Waals surface area contributed by atoms with E-state index in [0.717, 1.165) is 22.6 Å². The quantitative estimate of drug-likeness (QED) is 0.913. The van der Waals surface area contributed by atoms with Crippen LogP contribution in [0.15, 0.2) is 40.6 Å². The lowest BCUT2D eigenvalue weighted by Gasteiger charge is -2.14. The molecule has 1 heterocycles. The van der Waals surface area contributed by atoms with Gasteiger partial charge < -0.3 is 4.74 Å². The summed E-state index contributed by atoms with van der Waals surface area (Å²) in [6.45, 7) is 1.79. The first-order chi connectivity index (χ1) is 9.42. The van der Waals surface area contributed by atoms with Gasteiger partial charge in [0, 0.05) is 6.04 Å². The molecule has 1 aromatic heterocycles. The summed E-state index contributed by atoms with van der Waals surface area (Å²) < 4.78 is 32.7. The van der Waals surface area contributed by atoms with E-state index in [1.165, 1.54) is 6.07 Å². The van der Waals surface area contributed by atoms with Gasteiger partial charge in [-0.3, -0.25) is 0 Å². The second kappa shape index (κ2) is 6.13. The van der Waals surface area contributed by atoms with Crippen LogP contribution in [0.5, 0.6) is 5.75 Å². The Morgan fingerprint density at radius 2 is 1.85 bits per heavy atom. The number of hydrogen-bond donors (Lipinski definition) is 1. The molecule has 0 aliphatic heterocycles. The molecule has 108 valence electrons. The van der Waals surface area contributed by atoms with Crippen LogP contribution in [0.1, 0.15) is 18.5 Å². The summed E-state index contributed by atoms with van der Waals surface area (Å²) in [7, 11) is -1.96. The van der Waals surface area contributed by atoms with Crippen molar-refractivity contribution in [3.8, 4) is 5.75 Å². The Balaban J connectivity index is 2.15. The molecule has 4 nitrogen and oxygen atoms in total. The number of rotatable bonds is 5. The summed E-state index contributed by atoms with van der Waals surface area (Å²) in [5.74, 6) is 0.730. The Morgan fingerprint density at radius 3 is 2.35 bits per heavy atom. The molecular formula is C13H14ClNO3S2. The number of nitrogens with one attached hydrogen (secondary N) is 1. The fourth-order valence-corrected chi connectivity index (χ4v) is 4.42. The summed E-state index contributed by atoms with van der Waals surface area (Å²) in [6.07, 6.45) is 0. The van der Waals surface area contributed by atoms with Crippen LogP contribution >= 0.6 is 22.9 Å². The van der Waals surface area contributed by atoms with Gasteiger partial charge in [0.2, 0.25) is 0 Å². The highest BCUT2D eigenvalue weighted by Crippen LogP contribution is 2.27. The number of methoxy groups -OCH3 is 1. The molecule has 20 heavy (non-hydrogen) atoms. The SMILES string of the molecule is COc1ccc(C(C)NS(=O)(=O)c2ccc(Cl)s2)cc1. The van der Waals surface area contributed by atoms with E-state index in [1.54, 1.807) is 32.2 Å². The van der Waals surface area contributed by atoms with Gasteiger partial charge in [0.1, 0.15) is 9.96 Å². The molecule has 0 saturated carbocycles. The Labute approximate surface area is 127 Å². The second-order valence-corrected chi connectivity index (χ2v) is 7.83. The Morgan fingerprint density at radius 1 is 1.20 bits per heavy atom. The lowest BCUT2D eigenvalue weighted by atomic mass is 10.1. The van der Waals surface area contributed by atoms with Crippen molar-refractivity contribution < 1.29 is 13.2 Å². The van der Waals surface area contributed by atoms with E-state index in [2.05, 4.69) is 4.72 Å². The number of halogens is 1. The Kier molecular flexibility index (Phi) is 4.70. The molecule has 1 unspecified atom stereocenters. The monoisotopic (exact) mass is 331 g/mol. The molecule has 1 N–H and O–H groups in total. The van der Waals surface area contributed by atoms with Crippen LogP contribution in [0.4, 0.5) is 0 Å². The largest absolute Gasteiger partial charge is 0.497 e. The van der Waals surface area contributed by atoms with Crippen LogP contribution in [0, 0.1) is 0 Å². The third kappa shape index (κ3) is 3.52. The van der Waals surface area contributed by atoms with Gasteiger partial charge in [-0.1, -0.05) is 23.7 Å². The maximum atomic E-state index is 12.2. The maximum Gasteiger partial charge on any atom is 0.250 e. The fourth-order valence-electron chi connectivity index (χ4n) is 1.69. The van der Waals surface area contributed by atoms with Crippen LogP contribution < -0.4 is 9.46 Å². The van der Waals surface area contributed by atoms with Crippen LogP contribution in [0.2, 0.25) is 4.34 Å². The molecule has 0 aliphatic rings. The molecule has 0 saturated heterocycles. The van der Waals surface area contributed by atoms with Crippen molar-refractivity contribution >= 4 is 33.0 Å². The summed E-state index contributed by atoms with van der Waals surface area (Å²) in [4.78, 5) is 0. The molecular weight excluding hydrogens is 318 g/mol. The number of thiophene rings is 1. The van der Waals surface area contributed by atoms with Gasteiger partial charge in [-0.25, -0.2) is 13.1 Å². The zero-order valence-corrected chi connectivity index (χ0v) is 13.3. The van der Waals surface area contributed by atoms with E-state index in [0.29, 0.717) is 4.34 Å². The first-order valence-electron chi connectivity index (χ1n) is 5.84. The van der Waals surface area contributed by atoms with Gasteiger partial charge in [-0.2, -0.15) is 0 Å². The maximum absolute atomic E-state index is 12.2. The first-order valence-corrected chi connectivity index (χ1v) is 8.52. The zero-order chi connectivity index (χ0) is 14.8. The molecule has 0 amide bonds. The topological polar surface area (TPSA) is 55.4 Å². The third-order valence-corrected chi connectivity index (χ3v) is 6.02. The number of hydrogen-bond acceptors (Lipinski definition) is 4. The number of benzene rings is 1. The molecule has 0 fully saturated rings. The Hall–Kier alpha value is -1.08. The van der Waals surface area contributed by atoms with Gasteiger partial charge in [-0.15, -0.1) is 11.3 Å². The van der Waals surface area contributed by atoms with Gasteiger partial charge in [0.05, 0.1) is 11.4 Å². The molecule has 1 atom stereocenters. The average Bonchev–Trinajstić information content (AvgIpc) is 2.86. The molecule has 0 spiro atoms. The predicted molar refractivity (Wildman–Crippen MR) is 81.1 cm³/mol. The highest BCUT2D eigenvalue weighted by atomic mass is 35.5. The van der Waals surface area contributed by atoms with E-state index in [9.17, 15) is 8.42 Å². The summed E-state index contributed by atoms with van der Waals surface area (Å²) in [5.41, 5.74) is 0.858. The number of sulfonamides is 1. The van der Waals surface area contributed by atoms with Crippen LogP contribution in [-0.2, 0) is 10.0 Å². The molecule has 7 heteroatoms. The molecule has 2 aromatic rings. The third-order valence-electron chi connectivity index (χ3n) is 2.76. The fraction of sp³-hybridized carbons (Fsp3) is 0.231. The molecule has 2 rings (SSSR count). The van der Waals surface area contributed by atoms with E-state index in [-0.39, 0.29) is 10.3 Å².